The molecule has 8 nitrogen and oxygen atoms in total. The first-order valence-electron chi connectivity index (χ1n) is 12.8. The third kappa shape index (κ3) is 9.49. The molecule has 2 N–H and O–H groups in total. The third-order valence-corrected chi connectivity index (χ3v) is 7.91. The average Bonchev–Trinajstić information content (AvgIpc) is 2.93. The molecule has 0 atom stereocenters. The Morgan fingerprint density at radius 2 is 1.51 bits per heavy atom. The molecule has 0 aromatic heterocycles. The van der Waals surface area contributed by atoms with Crippen LogP contribution in [-0.4, -0.2) is 38.6 Å². The van der Waals surface area contributed by atoms with Crippen molar-refractivity contribution in [2.45, 2.75) is 43.9 Å². The number of hydrogen-bond acceptors (Lipinski definition) is 6. The summed E-state index contributed by atoms with van der Waals surface area (Å²) < 4.78 is 32.8. The van der Waals surface area contributed by atoms with Gasteiger partial charge in [0.1, 0.15) is 0 Å². The van der Waals surface area contributed by atoms with Crippen LogP contribution in [0.3, 0.4) is 0 Å². The van der Waals surface area contributed by atoms with Gasteiger partial charge in [0.25, 0.3) is 10.0 Å². The normalized spacial score (nSPS) is 10.9. The van der Waals surface area contributed by atoms with E-state index in [0.29, 0.717) is 24.4 Å². The first kappa shape index (κ1) is 29.8. The van der Waals surface area contributed by atoms with E-state index in [0.717, 1.165) is 12.8 Å². The number of sulfonamides is 1. The fourth-order valence-electron chi connectivity index (χ4n) is 3.85. The van der Waals surface area contributed by atoms with Crippen LogP contribution in [0.15, 0.2) is 89.8 Å². The molecule has 39 heavy (non-hydrogen) atoms. The molecule has 0 aliphatic rings. The Kier molecular flexibility index (Phi) is 11.4. The van der Waals surface area contributed by atoms with Gasteiger partial charge in [0.2, 0.25) is 5.91 Å². The van der Waals surface area contributed by atoms with Crippen LogP contribution in [-0.2, 0) is 30.8 Å². The number of amides is 1. The Morgan fingerprint density at radius 1 is 0.872 bits per heavy atom. The number of anilines is 2. The van der Waals surface area contributed by atoms with Crippen molar-refractivity contribution < 1.29 is 22.7 Å². The minimum absolute atomic E-state index is 0.0820. The van der Waals surface area contributed by atoms with E-state index in [1.54, 1.807) is 43.3 Å². The number of carbonyl (C=O) groups excluding carboxylic acids is 2. The molecule has 1 amide bonds. The molecule has 10 heteroatoms. The van der Waals surface area contributed by atoms with Gasteiger partial charge in [-0.3, -0.25) is 13.9 Å². The summed E-state index contributed by atoms with van der Waals surface area (Å²) in [6.07, 6.45) is 2.18. The lowest BCUT2D eigenvalue weighted by Crippen LogP contribution is -2.34. The molecule has 0 aliphatic carbocycles. The first-order valence-corrected chi connectivity index (χ1v) is 14.6. The number of carbonyl (C=O) groups is 2. The molecule has 0 radical (unpaired) electrons. The molecule has 0 heterocycles. The predicted molar refractivity (Wildman–Crippen MR) is 157 cm³/mol. The molecule has 3 aromatic carbocycles. The summed E-state index contributed by atoms with van der Waals surface area (Å²) in [4.78, 5) is 24.2. The van der Waals surface area contributed by atoms with E-state index in [1.807, 2.05) is 36.4 Å². The lowest BCUT2D eigenvalue weighted by Gasteiger charge is -2.23. The maximum absolute atomic E-state index is 13.1. The van der Waals surface area contributed by atoms with Crippen LogP contribution >= 0.6 is 12.2 Å². The van der Waals surface area contributed by atoms with Crippen molar-refractivity contribution in [2.24, 2.45) is 0 Å². The van der Waals surface area contributed by atoms with Crippen LogP contribution in [0.2, 0.25) is 0 Å². The van der Waals surface area contributed by atoms with Crippen LogP contribution < -0.4 is 14.9 Å². The summed E-state index contributed by atoms with van der Waals surface area (Å²) in [6, 6.07) is 25.0. The topological polar surface area (TPSA) is 105 Å². The van der Waals surface area contributed by atoms with Gasteiger partial charge in [-0.1, -0.05) is 48.5 Å². The lowest BCUT2D eigenvalue weighted by atomic mass is 10.1. The number of thiocarbonyl (C=S) groups is 1. The molecule has 0 bridgehead atoms. The standard InChI is InChI=1S/C29H33N3O5S2/c1-2-32(25-14-7-4-8-15-25)39(35,36)26-20-18-24(19-21-26)30-29(38)31-27(33)16-9-17-28(34)37-22-10-13-23-11-5-3-6-12-23/h3-8,11-12,14-15,18-21H,2,9-10,13,16-17,22H2,1H3,(H2,30,31,33,38). The summed E-state index contributed by atoms with van der Waals surface area (Å²) >= 11 is 5.19. The van der Waals surface area contributed by atoms with Crippen molar-refractivity contribution in [1.29, 1.82) is 0 Å². The van der Waals surface area contributed by atoms with Gasteiger partial charge in [0, 0.05) is 25.1 Å². The molecular weight excluding hydrogens is 534 g/mol. The predicted octanol–water partition coefficient (Wildman–Crippen LogP) is 5.06. The molecule has 0 saturated carbocycles. The SMILES string of the molecule is CCN(c1ccccc1)S(=O)(=O)c1ccc(NC(=S)NC(=O)CCCC(=O)OCCCc2ccccc2)cc1. The van der Waals surface area contributed by atoms with E-state index < -0.39 is 10.0 Å². The highest BCUT2D eigenvalue weighted by Crippen LogP contribution is 2.24. The zero-order valence-electron chi connectivity index (χ0n) is 21.8. The van der Waals surface area contributed by atoms with Crippen LogP contribution in [0.4, 0.5) is 11.4 Å². The van der Waals surface area contributed by atoms with Gasteiger partial charge >= 0.3 is 5.97 Å². The maximum Gasteiger partial charge on any atom is 0.305 e. The molecule has 206 valence electrons. The maximum atomic E-state index is 13.1. The number of hydrogen-bond donors (Lipinski definition) is 2. The van der Waals surface area contributed by atoms with Crippen molar-refractivity contribution in [2.75, 3.05) is 22.8 Å². The van der Waals surface area contributed by atoms with E-state index in [1.165, 1.54) is 22.0 Å². The number of para-hydroxylation sites is 1. The van der Waals surface area contributed by atoms with E-state index in [4.69, 9.17) is 17.0 Å². The summed E-state index contributed by atoms with van der Waals surface area (Å²) in [7, 11) is -3.74. The fourth-order valence-corrected chi connectivity index (χ4v) is 5.55. The monoisotopic (exact) mass is 567 g/mol. The van der Waals surface area contributed by atoms with Gasteiger partial charge in [0.15, 0.2) is 5.11 Å². The summed E-state index contributed by atoms with van der Waals surface area (Å²) in [5, 5.41) is 5.52. The van der Waals surface area contributed by atoms with Gasteiger partial charge in [0.05, 0.1) is 17.2 Å². The molecule has 0 unspecified atom stereocenters. The van der Waals surface area contributed by atoms with Crippen molar-refractivity contribution >= 4 is 50.6 Å². The summed E-state index contributed by atoms with van der Waals surface area (Å²) in [5.41, 5.74) is 2.31. The first-order chi connectivity index (χ1) is 18.8. The molecule has 0 fully saturated rings. The number of esters is 1. The van der Waals surface area contributed by atoms with Gasteiger partial charge < -0.3 is 15.4 Å². The Labute approximate surface area is 235 Å². The van der Waals surface area contributed by atoms with Gasteiger partial charge in [-0.15, -0.1) is 0 Å². The van der Waals surface area contributed by atoms with E-state index >= 15 is 0 Å². The van der Waals surface area contributed by atoms with E-state index in [9.17, 15) is 18.0 Å². The van der Waals surface area contributed by atoms with Gasteiger partial charge in [-0.2, -0.15) is 0 Å². The Balaban J connectivity index is 1.38. The highest BCUT2D eigenvalue weighted by molar-refractivity contribution is 7.92. The zero-order valence-corrected chi connectivity index (χ0v) is 23.5. The molecule has 0 aliphatic heterocycles. The number of ether oxygens (including phenoxy) is 1. The van der Waals surface area contributed by atoms with Crippen molar-refractivity contribution in [3.63, 3.8) is 0 Å². The second-order valence-corrected chi connectivity index (χ2v) is 11.0. The number of benzene rings is 3. The highest BCUT2D eigenvalue weighted by Gasteiger charge is 2.23. The van der Waals surface area contributed by atoms with Gasteiger partial charge in [-0.25, -0.2) is 8.42 Å². The van der Waals surface area contributed by atoms with E-state index in [-0.39, 0.29) is 41.3 Å². The minimum atomic E-state index is -3.74. The van der Waals surface area contributed by atoms with Gasteiger partial charge in [-0.05, 0) is 80.4 Å². The van der Waals surface area contributed by atoms with Crippen LogP contribution in [0.5, 0.6) is 0 Å². The largest absolute Gasteiger partial charge is 0.466 e. The van der Waals surface area contributed by atoms with Crippen LogP contribution in [0.25, 0.3) is 0 Å². The number of rotatable bonds is 13. The molecule has 3 rings (SSSR count). The fraction of sp³-hybridized carbons (Fsp3) is 0.276. The second-order valence-electron chi connectivity index (χ2n) is 8.70. The number of aryl methyl sites for hydroxylation is 1. The molecule has 0 saturated heterocycles. The van der Waals surface area contributed by atoms with Crippen molar-refractivity contribution in [3.8, 4) is 0 Å². The number of nitrogens with one attached hydrogen (secondary N) is 2. The molecular formula is C29H33N3O5S2. The average molecular weight is 568 g/mol. The minimum Gasteiger partial charge on any atom is -0.466 e. The Bertz CT molecular complexity index is 1330. The third-order valence-electron chi connectivity index (χ3n) is 5.78. The second kappa shape index (κ2) is 15.0. The summed E-state index contributed by atoms with van der Waals surface area (Å²) in [5.74, 6) is -0.662. The summed E-state index contributed by atoms with van der Waals surface area (Å²) in [6.45, 7) is 2.41. The smallest absolute Gasteiger partial charge is 0.305 e. The number of nitrogens with zero attached hydrogens (tertiary/aromatic N) is 1. The highest BCUT2D eigenvalue weighted by atomic mass is 32.2. The Morgan fingerprint density at radius 3 is 2.15 bits per heavy atom. The zero-order chi connectivity index (χ0) is 28.1. The Hall–Kier alpha value is -3.76. The molecule has 3 aromatic rings. The molecule has 0 spiro atoms. The van der Waals surface area contributed by atoms with Crippen LogP contribution in [0, 0.1) is 0 Å². The lowest BCUT2D eigenvalue weighted by molar-refractivity contribution is -0.143. The quantitative estimate of drug-likeness (QED) is 0.169. The van der Waals surface area contributed by atoms with Crippen LogP contribution in [0.1, 0.15) is 38.2 Å². The van der Waals surface area contributed by atoms with E-state index in [2.05, 4.69) is 10.6 Å². The van der Waals surface area contributed by atoms with Crippen molar-refractivity contribution in [1.82, 2.24) is 5.32 Å². The van der Waals surface area contributed by atoms with Crippen molar-refractivity contribution in [3.05, 3.63) is 90.5 Å².